The lowest BCUT2D eigenvalue weighted by Crippen LogP contribution is -2.29. The van der Waals surface area contributed by atoms with Crippen LogP contribution in [0.15, 0.2) is 121 Å². The maximum atomic E-state index is 9.94. The van der Waals surface area contributed by atoms with Gasteiger partial charge in [-0.15, -0.1) is 0 Å². The average molecular weight is 590 g/mol. The fourth-order valence-electron chi connectivity index (χ4n) is 7.52. The van der Waals surface area contributed by atoms with E-state index in [-0.39, 0.29) is 6.04 Å². The number of hydrogen-bond acceptors (Lipinski definition) is 2. The number of benzene rings is 6. The van der Waals surface area contributed by atoms with Crippen LogP contribution in [0.5, 0.6) is 0 Å². The molecule has 0 atom stereocenters. The summed E-state index contributed by atoms with van der Waals surface area (Å²) >= 11 is 0. The lowest BCUT2D eigenvalue weighted by Gasteiger charge is -2.36. The minimum absolute atomic E-state index is 0.168. The minimum Gasteiger partial charge on any atom is -0.335 e. The largest absolute Gasteiger partial charge is 0.335 e. The Morgan fingerprint density at radius 2 is 1.35 bits per heavy atom. The highest BCUT2D eigenvalue weighted by Crippen LogP contribution is 2.51. The Labute approximate surface area is 266 Å². The number of para-hydroxylation sites is 2. The summed E-state index contributed by atoms with van der Waals surface area (Å²) in [6.45, 7) is 11.9. The predicted octanol–water partition coefficient (Wildman–Crippen LogP) is 10.8. The first-order valence-electron chi connectivity index (χ1n) is 15.5. The van der Waals surface area contributed by atoms with Crippen molar-refractivity contribution in [2.24, 2.45) is 0 Å². The highest BCUT2D eigenvalue weighted by atomic mass is 15.2. The van der Waals surface area contributed by atoms with E-state index in [2.05, 4.69) is 124 Å². The molecular formula is C41H27N5. The molecule has 0 unspecified atom stereocenters. The molecule has 8 aromatic rings. The van der Waals surface area contributed by atoms with E-state index in [1.165, 1.54) is 16.2 Å². The molecule has 216 valence electrons. The highest BCUT2D eigenvalue weighted by Gasteiger charge is 2.31. The molecule has 9 rings (SSSR count). The fourth-order valence-corrected chi connectivity index (χ4v) is 7.52. The Bertz CT molecular complexity index is 2620. The maximum Gasteiger partial charge on any atom is 0.187 e. The van der Waals surface area contributed by atoms with E-state index in [0.29, 0.717) is 11.3 Å². The molecule has 0 saturated heterocycles. The van der Waals surface area contributed by atoms with Gasteiger partial charge >= 0.3 is 0 Å². The van der Waals surface area contributed by atoms with Gasteiger partial charge in [0.1, 0.15) is 0 Å². The fraction of sp³-hybridized carbons (Fsp3) is 0.0732. The Morgan fingerprint density at radius 3 is 2.09 bits per heavy atom. The van der Waals surface area contributed by atoms with Crippen molar-refractivity contribution in [1.82, 2.24) is 9.13 Å². The van der Waals surface area contributed by atoms with Crippen molar-refractivity contribution >= 4 is 60.7 Å². The number of anilines is 2. The SMILES string of the molecule is [C-]#[N+]c1ccc(-c2cc3c4c(c2)c2c5c6ccccc6n(-c6ccccc6)c5ccc2n4-c2cc(C#N)ccc2N3C(C)C)cc1. The number of nitrogens with zero attached hydrogens (tertiary/aromatic N) is 5. The number of hydrogen-bond donors (Lipinski definition) is 0. The van der Waals surface area contributed by atoms with Crippen LogP contribution in [-0.2, 0) is 0 Å². The van der Waals surface area contributed by atoms with Crippen molar-refractivity contribution in [2.75, 3.05) is 4.90 Å². The Morgan fingerprint density at radius 1 is 0.630 bits per heavy atom. The second-order valence-corrected chi connectivity index (χ2v) is 12.2. The van der Waals surface area contributed by atoms with Crippen molar-refractivity contribution in [2.45, 2.75) is 19.9 Å². The number of nitriles is 1. The van der Waals surface area contributed by atoms with Gasteiger partial charge in [0.05, 0.1) is 57.3 Å². The van der Waals surface area contributed by atoms with Crippen LogP contribution in [0.2, 0.25) is 0 Å². The van der Waals surface area contributed by atoms with Gasteiger partial charge in [-0.2, -0.15) is 5.26 Å². The normalized spacial score (nSPS) is 12.2. The zero-order valence-corrected chi connectivity index (χ0v) is 25.4. The van der Waals surface area contributed by atoms with E-state index >= 15 is 0 Å². The summed E-state index contributed by atoms with van der Waals surface area (Å²) in [5.74, 6) is 0. The van der Waals surface area contributed by atoms with E-state index in [0.717, 1.165) is 61.3 Å². The van der Waals surface area contributed by atoms with E-state index in [4.69, 9.17) is 6.57 Å². The molecule has 0 saturated carbocycles. The van der Waals surface area contributed by atoms with Gasteiger partial charge in [0, 0.05) is 33.3 Å². The second-order valence-electron chi connectivity index (χ2n) is 12.2. The van der Waals surface area contributed by atoms with Crippen molar-refractivity contribution in [3.8, 4) is 28.6 Å². The molecular weight excluding hydrogens is 562 g/mol. The van der Waals surface area contributed by atoms with Gasteiger partial charge in [-0.05, 0) is 85.6 Å². The second kappa shape index (κ2) is 9.60. The molecule has 0 aliphatic carbocycles. The molecule has 1 aliphatic rings. The molecule has 3 heterocycles. The molecule has 2 aromatic heterocycles. The highest BCUT2D eigenvalue weighted by molar-refractivity contribution is 6.31. The number of rotatable bonds is 3. The average Bonchev–Trinajstić information content (AvgIpc) is 3.62. The Hall–Kier alpha value is -6.30. The predicted molar refractivity (Wildman–Crippen MR) is 189 cm³/mol. The van der Waals surface area contributed by atoms with Crippen molar-refractivity contribution < 1.29 is 0 Å². The maximum absolute atomic E-state index is 9.94. The quantitative estimate of drug-likeness (QED) is 0.192. The number of fused-ring (bicyclic) bond motifs is 9. The van der Waals surface area contributed by atoms with Gasteiger partial charge in [0.25, 0.3) is 0 Å². The summed E-state index contributed by atoms with van der Waals surface area (Å²) < 4.78 is 4.73. The molecule has 0 radical (unpaired) electrons. The zero-order chi connectivity index (χ0) is 31.1. The van der Waals surface area contributed by atoms with Crippen LogP contribution >= 0.6 is 0 Å². The van der Waals surface area contributed by atoms with Crippen LogP contribution in [0.3, 0.4) is 0 Å². The topological polar surface area (TPSA) is 41.2 Å². The standard InChI is InChI=1S/C41H27N5/c1-25(2)44-34-18-13-26(24-42)21-37(34)46-36-20-19-35-39(31-11-7-8-12-33(31)45(35)30-9-5-4-6-10-30)40(36)32-22-28(23-38(44)41(32)46)27-14-16-29(43-3)17-15-27/h4-23,25H,1-2H3. The molecule has 0 N–H and O–H groups in total. The molecule has 0 fully saturated rings. The molecule has 5 nitrogen and oxygen atoms in total. The molecule has 6 aromatic carbocycles. The van der Waals surface area contributed by atoms with E-state index in [9.17, 15) is 5.26 Å². The Balaban J connectivity index is 1.51. The third kappa shape index (κ3) is 3.49. The summed E-state index contributed by atoms with van der Waals surface area (Å²) in [5.41, 5.74) is 12.3. The number of aromatic nitrogens is 2. The molecule has 0 bridgehead atoms. The van der Waals surface area contributed by atoms with Crippen molar-refractivity contribution in [3.05, 3.63) is 138 Å². The van der Waals surface area contributed by atoms with Crippen LogP contribution in [-0.4, -0.2) is 15.2 Å². The van der Waals surface area contributed by atoms with Crippen molar-refractivity contribution in [3.63, 3.8) is 0 Å². The lowest BCUT2D eigenvalue weighted by atomic mass is 9.97. The summed E-state index contributed by atoms with van der Waals surface area (Å²) in [5, 5.41) is 14.7. The first-order valence-corrected chi connectivity index (χ1v) is 15.5. The van der Waals surface area contributed by atoms with Gasteiger partial charge < -0.3 is 14.0 Å². The third-order valence-electron chi connectivity index (χ3n) is 9.37. The van der Waals surface area contributed by atoms with Gasteiger partial charge in [-0.1, -0.05) is 60.7 Å². The van der Waals surface area contributed by atoms with Crippen LogP contribution < -0.4 is 4.90 Å². The molecule has 1 aliphatic heterocycles. The van der Waals surface area contributed by atoms with Crippen molar-refractivity contribution in [1.29, 1.82) is 5.26 Å². The van der Waals surface area contributed by atoms with Crippen LogP contribution in [0.4, 0.5) is 17.1 Å². The molecule has 0 amide bonds. The molecule has 5 heteroatoms. The van der Waals surface area contributed by atoms with Gasteiger partial charge in [0.15, 0.2) is 5.69 Å². The smallest absolute Gasteiger partial charge is 0.187 e. The minimum atomic E-state index is 0.168. The summed E-state index contributed by atoms with van der Waals surface area (Å²) in [6, 6.07) is 44.8. The monoisotopic (exact) mass is 589 g/mol. The lowest BCUT2D eigenvalue weighted by molar-refractivity contribution is 0.781. The van der Waals surface area contributed by atoms with Gasteiger partial charge in [-0.3, -0.25) is 0 Å². The third-order valence-corrected chi connectivity index (χ3v) is 9.37. The first kappa shape index (κ1) is 26.1. The zero-order valence-electron chi connectivity index (χ0n) is 25.4. The molecule has 46 heavy (non-hydrogen) atoms. The van der Waals surface area contributed by atoms with E-state index < -0.39 is 0 Å². The summed E-state index contributed by atoms with van der Waals surface area (Å²) in [6.07, 6.45) is 0. The van der Waals surface area contributed by atoms with Crippen LogP contribution in [0.1, 0.15) is 19.4 Å². The molecule has 0 spiro atoms. The van der Waals surface area contributed by atoms with Crippen LogP contribution in [0.25, 0.3) is 71.0 Å². The van der Waals surface area contributed by atoms with E-state index in [1.54, 1.807) is 0 Å². The van der Waals surface area contributed by atoms with Gasteiger partial charge in [-0.25, -0.2) is 4.85 Å². The van der Waals surface area contributed by atoms with E-state index in [1.807, 2.05) is 36.4 Å². The first-order chi connectivity index (χ1) is 22.6. The van der Waals surface area contributed by atoms with Gasteiger partial charge in [0.2, 0.25) is 0 Å². The summed E-state index contributed by atoms with van der Waals surface area (Å²) in [4.78, 5) is 6.02. The van der Waals surface area contributed by atoms with Crippen LogP contribution in [0, 0.1) is 17.9 Å². The summed E-state index contributed by atoms with van der Waals surface area (Å²) in [7, 11) is 0. The Kier molecular flexibility index (Phi) is 5.45.